The summed E-state index contributed by atoms with van der Waals surface area (Å²) in [6, 6.07) is 7.83. The molecule has 1 aliphatic heterocycles. The Hall–Kier alpha value is -2.45. The lowest BCUT2D eigenvalue weighted by Gasteiger charge is -2.32. The van der Waals surface area contributed by atoms with E-state index >= 15 is 0 Å². The lowest BCUT2D eigenvalue weighted by Crippen LogP contribution is -3.14. The van der Waals surface area contributed by atoms with Crippen LogP contribution in [0.25, 0.3) is 11.7 Å². The van der Waals surface area contributed by atoms with Gasteiger partial charge in [-0.15, -0.1) is 5.10 Å². The number of pyridine rings is 1. The molecule has 0 atom stereocenters. The highest BCUT2D eigenvalue weighted by Crippen LogP contribution is 2.17. The zero-order valence-electron chi connectivity index (χ0n) is 13.1. The van der Waals surface area contributed by atoms with E-state index in [4.69, 9.17) is 21.1 Å². The van der Waals surface area contributed by atoms with Crippen molar-refractivity contribution in [3.05, 3.63) is 47.8 Å². The van der Waals surface area contributed by atoms with Gasteiger partial charge in [0.2, 0.25) is 0 Å². The van der Waals surface area contributed by atoms with Crippen LogP contribution in [0.3, 0.4) is 0 Å². The summed E-state index contributed by atoms with van der Waals surface area (Å²) < 4.78 is 12.6. The van der Waals surface area contributed by atoms with Gasteiger partial charge < -0.3 is 18.6 Å². The average molecular weight is 345 g/mol. The molecule has 0 spiro atoms. The number of aromatic amines is 1. The van der Waals surface area contributed by atoms with Crippen LogP contribution in [-0.2, 0) is 6.67 Å². The van der Waals surface area contributed by atoms with Crippen LogP contribution in [-0.4, -0.2) is 36.0 Å². The fourth-order valence-electron chi connectivity index (χ4n) is 2.95. The molecule has 4 rings (SSSR count). The Kier molecular flexibility index (Phi) is 4.14. The lowest BCUT2D eigenvalue weighted by molar-refractivity contribution is -0.924. The predicted octanol–water partition coefficient (Wildman–Crippen LogP) is 0.642. The SMILES string of the molecule is S=c1oc(-c2ccco2)nn1C[NH+]1CCN(c2cc[nH+]cc2)CC1. The minimum absolute atomic E-state index is 0.384. The summed E-state index contributed by atoms with van der Waals surface area (Å²) >= 11 is 5.28. The van der Waals surface area contributed by atoms with E-state index in [2.05, 4.69) is 27.1 Å². The summed E-state index contributed by atoms with van der Waals surface area (Å²) in [6.45, 7) is 4.79. The maximum atomic E-state index is 5.54. The van der Waals surface area contributed by atoms with Gasteiger partial charge in [-0.1, -0.05) is 0 Å². The van der Waals surface area contributed by atoms with Gasteiger partial charge in [-0.05, 0) is 24.4 Å². The van der Waals surface area contributed by atoms with Crippen molar-refractivity contribution in [2.75, 3.05) is 31.1 Å². The fraction of sp³-hybridized carbons (Fsp3) is 0.312. The number of rotatable bonds is 4. The average Bonchev–Trinajstić information content (AvgIpc) is 3.27. The first-order valence-electron chi connectivity index (χ1n) is 7.96. The molecule has 8 heteroatoms. The number of furan rings is 1. The molecule has 24 heavy (non-hydrogen) atoms. The van der Waals surface area contributed by atoms with Crippen molar-refractivity contribution in [2.24, 2.45) is 0 Å². The third-order valence-electron chi connectivity index (χ3n) is 4.25. The summed E-state index contributed by atoms with van der Waals surface area (Å²) in [5, 5.41) is 4.44. The third-order valence-corrected chi connectivity index (χ3v) is 4.54. The number of hydrogen-bond donors (Lipinski definition) is 1. The van der Waals surface area contributed by atoms with Crippen molar-refractivity contribution >= 4 is 17.9 Å². The monoisotopic (exact) mass is 345 g/mol. The Bertz CT molecular complexity index is 835. The predicted molar refractivity (Wildman–Crippen MR) is 88.9 cm³/mol. The zero-order chi connectivity index (χ0) is 16.4. The molecule has 3 aromatic heterocycles. The maximum Gasteiger partial charge on any atom is 0.292 e. The van der Waals surface area contributed by atoms with Crippen LogP contribution < -0.4 is 14.8 Å². The Morgan fingerprint density at radius 1 is 1.21 bits per heavy atom. The molecule has 0 amide bonds. The second kappa shape index (κ2) is 6.58. The van der Waals surface area contributed by atoms with Gasteiger partial charge in [0.05, 0.1) is 32.4 Å². The molecule has 0 saturated carbocycles. The summed E-state index contributed by atoms with van der Waals surface area (Å²) in [6.07, 6.45) is 5.51. The van der Waals surface area contributed by atoms with E-state index in [9.17, 15) is 0 Å². The summed E-state index contributed by atoms with van der Waals surface area (Å²) in [4.78, 5) is 7.28. The quantitative estimate of drug-likeness (QED) is 0.703. The zero-order valence-corrected chi connectivity index (χ0v) is 14.0. The Balaban J connectivity index is 1.40. The van der Waals surface area contributed by atoms with Crippen LogP contribution in [0.15, 0.2) is 51.8 Å². The highest BCUT2D eigenvalue weighted by molar-refractivity contribution is 7.71. The molecular formula is C16H19N5O2S+2. The molecule has 0 radical (unpaired) electrons. The molecular weight excluding hydrogens is 326 g/mol. The highest BCUT2D eigenvalue weighted by atomic mass is 32.1. The Morgan fingerprint density at radius 2 is 2.00 bits per heavy atom. The van der Waals surface area contributed by atoms with Gasteiger partial charge in [0.15, 0.2) is 24.8 Å². The van der Waals surface area contributed by atoms with E-state index in [0.29, 0.717) is 23.2 Å². The molecule has 4 heterocycles. The van der Waals surface area contributed by atoms with Gasteiger partial charge in [0, 0.05) is 17.8 Å². The number of nitrogens with zero attached hydrogens (tertiary/aromatic N) is 3. The lowest BCUT2D eigenvalue weighted by atomic mass is 10.3. The van der Waals surface area contributed by atoms with Gasteiger partial charge in [-0.3, -0.25) is 0 Å². The van der Waals surface area contributed by atoms with Crippen LogP contribution >= 0.6 is 12.2 Å². The topological polar surface area (TPSA) is 65.9 Å². The third kappa shape index (κ3) is 3.10. The second-order valence-corrected chi connectivity index (χ2v) is 6.15. The highest BCUT2D eigenvalue weighted by Gasteiger charge is 2.22. The van der Waals surface area contributed by atoms with Crippen molar-refractivity contribution < 1.29 is 18.7 Å². The molecule has 1 fully saturated rings. The number of piperazine rings is 1. The molecule has 0 bridgehead atoms. The van der Waals surface area contributed by atoms with Gasteiger partial charge in [0.1, 0.15) is 0 Å². The smallest absolute Gasteiger partial charge is 0.292 e. The minimum Gasteiger partial charge on any atom is -0.459 e. The van der Waals surface area contributed by atoms with Gasteiger partial charge in [0.25, 0.3) is 10.7 Å². The van der Waals surface area contributed by atoms with E-state index in [1.165, 1.54) is 10.6 Å². The van der Waals surface area contributed by atoms with Crippen molar-refractivity contribution in [3.8, 4) is 11.7 Å². The van der Waals surface area contributed by atoms with Crippen molar-refractivity contribution in [1.29, 1.82) is 0 Å². The van der Waals surface area contributed by atoms with Crippen LogP contribution in [0.4, 0.5) is 5.69 Å². The van der Waals surface area contributed by atoms with Crippen LogP contribution in [0.1, 0.15) is 0 Å². The second-order valence-electron chi connectivity index (χ2n) is 5.80. The van der Waals surface area contributed by atoms with Crippen LogP contribution in [0, 0.1) is 4.84 Å². The first-order valence-corrected chi connectivity index (χ1v) is 8.37. The maximum absolute atomic E-state index is 5.54. The van der Waals surface area contributed by atoms with E-state index in [0.717, 1.165) is 26.2 Å². The van der Waals surface area contributed by atoms with Gasteiger partial charge in [-0.25, -0.2) is 4.98 Å². The number of H-pyrrole nitrogens is 1. The number of aromatic nitrogens is 3. The first-order chi connectivity index (χ1) is 11.8. The molecule has 2 N–H and O–H groups in total. The van der Waals surface area contributed by atoms with E-state index in [1.807, 2.05) is 18.5 Å². The van der Waals surface area contributed by atoms with Gasteiger partial charge in [-0.2, -0.15) is 4.68 Å². The minimum atomic E-state index is 0.384. The van der Waals surface area contributed by atoms with E-state index in [-0.39, 0.29) is 0 Å². The van der Waals surface area contributed by atoms with E-state index < -0.39 is 0 Å². The Morgan fingerprint density at radius 3 is 2.71 bits per heavy atom. The molecule has 3 aromatic rings. The largest absolute Gasteiger partial charge is 0.459 e. The number of hydrogen-bond acceptors (Lipinski definition) is 5. The number of quaternary nitrogens is 1. The van der Waals surface area contributed by atoms with E-state index in [1.54, 1.807) is 17.0 Å². The molecule has 1 saturated heterocycles. The molecule has 7 nitrogen and oxygen atoms in total. The van der Waals surface area contributed by atoms with Crippen molar-refractivity contribution in [1.82, 2.24) is 9.78 Å². The van der Waals surface area contributed by atoms with Crippen LogP contribution in [0.5, 0.6) is 0 Å². The summed E-state index contributed by atoms with van der Waals surface area (Å²) in [7, 11) is 0. The summed E-state index contributed by atoms with van der Waals surface area (Å²) in [5.74, 6) is 1.03. The molecule has 1 aliphatic rings. The number of nitrogens with one attached hydrogen (secondary N) is 2. The summed E-state index contributed by atoms with van der Waals surface area (Å²) in [5.41, 5.74) is 1.26. The normalized spacial score (nSPS) is 15.8. The van der Waals surface area contributed by atoms with Gasteiger partial charge >= 0.3 is 0 Å². The number of anilines is 1. The Labute approximate surface area is 144 Å². The molecule has 0 unspecified atom stereocenters. The van der Waals surface area contributed by atoms with Crippen molar-refractivity contribution in [2.45, 2.75) is 6.67 Å². The standard InChI is InChI=1S/C16H17N5O2S/c24-16-21(18-15(23-16)14-2-1-11-22-14)12-19-7-9-20(10-8-19)13-3-5-17-6-4-13/h1-6,11H,7-10,12H2/p+2. The molecule has 0 aliphatic carbocycles. The molecule has 0 aromatic carbocycles. The first kappa shape index (κ1) is 15.1. The molecule has 124 valence electrons. The van der Waals surface area contributed by atoms with Crippen molar-refractivity contribution in [3.63, 3.8) is 0 Å². The van der Waals surface area contributed by atoms with Crippen LogP contribution in [0.2, 0.25) is 0 Å². The fourth-order valence-corrected chi connectivity index (χ4v) is 3.13.